The van der Waals surface area contributed by atoms with Crippen LogP contribution in [0.4, 0.5) is 14.5 Å². The fourth-order valence-corrected chi connectivity index (χ4v) is 2.57. The summed E-state index contributed by atoms with van der Waals surface area (Å²) in [5.74, 6) is -2.02. The first-order valence-electron chi connectivity index (χ1n) is 7.77. The van der Waals surface area contributed by atoms with Crippen molar-refractivity contribution in [3.05, 3.63) is 84.3 Å². The van der Waals surface area contributed by atoms with Crippen LogP contribution in [0.3, 0.4) is 0 Å². The normalized spacial score (nSPS) is 10.8. The molecule has 1 amide bonds. The van der Waals surface area contributed by atoms with Crippen molar-refractivity contribution in [2.24, 2.45) is 0 Å². The Hall–Kier alpha value is -3.61. The third-order valence-corrected chi connectivity index (χ3v) is 3.83. The second kappa shape index (κ2) is 6.36. The number of imidazole rings is 1. The van der Waals surface area contributed by atoms with Crippen LogP contribution in [0.2, 0.25) is 0 Å². The minimum absolute atomic E-state index is 0.0335. The number of hydrogen-bond acceptors (Lipinski definition) is 3. The molecule has 0 bridgehead atoms. The Morgan fingerprint density at radius 2 is 1.92 bits per heavy atom. The first-order valence-corrected chi connectivity index (χ1v) is 7.77. The molecule has 26 heavy (non-hydrogen) atoms. The molecular formula is C19H12F2N4O. The molecule has 128 valence electrons. The number of carbonyl (C=O) groups is 1. The molecule has 4 aromatic rings. The van der Waals surface area contributed by atoms with E-state index < -0.39 is 17.5 Å². The summed E-state index contributed by atoms with van der Waals surface area (Å²) in [5.41, 5.74) is 2.04. The second-order valence-corrected chi connectivity index (χ2v) is 5.62. The molecule has 0 fully saturated rings. The monoisotopic (exact) mass is 350 g/mol. The number of rotatable bonds is 3. The van der Waals surface area contributed by atoms with Crippen molar-refractivity contribution in [3.63, 3.8) is 0 Å². The molecule has 0 unspecified atom stereocenters. The minimum atomic E-state index is -1.07. The van der Waals surface area contributed by atoms with Crippen LogP contribution >= 0.6 is 0 Å². The van der Waals surface area contributed by atoms with Crippen LogP contribution in [0.15, 0.2) is 67.1 Å². The molecule has 0 aliphatic rings. The Labute approximate surface area is 147 Å². The summed E-state index contributed by atoms with van der Waals surface area (Å²) in [7, 11) is 0. The van der Waals surface area contributed by atoms with Crippen molar-refractivity contribution in [2.45, 2.75) is 0 Å². The Bertz CT molecular complexity index is 1090. The van der Waals surface area contributed by atoms with E-state index in [2.05, 4.69) is 15.3 Å². The highest BCUT2D eigenvalue weighted by Gasteiger charge is 2.11. The van der Waals surface area contributed by atoms with Crippen LogP contribution in [0, 0.1) is 11.6 Å². The average Bonchev–Trinajstić information content (AvgIpc) is 3.08. The Balaban J connectivity index is 1.61. The fraction of sp³-hybridized carbons (Fsp3) is 0. The van der Waals surface area contributed by atoms with Crippen molar-refractivity contribution < 1.29 is 13.6 Å². The van der Waals surface area contributed by atoms with Crippen LogP contribution in [-0.2, 0) is 0 Å². The number of nitrogens with zero attached hydrogens (tertiary/aromatic N) is 3. The van der Waals surface area contributed by atoms with Gasteiger partial charge < -0.3 is 5.32 Å². The standard InChI is InChI=1S/C19H12F2N4O/c20-15-6-5-13(10-16(15)21)18(26)23-14-4-1-3-12(9-14)17-11-25-8-2-7-22-19(25)24-17/h1-11H,(H,23,26). The van der Waals surface area contributed by atoms with Crippen LogP contribution in [0.5, 0.6) is 0 Å². The molecule has 0 saturated heterocycles. The van der Waals surface area contributed by atoms with Crippen molar-refractivity contribution in [3.8, 4) is 11.3 Å². The van der Waals surface area contributed by atoms with Gasteiger partial charge in [0.15, 0.2) is 11.6 Å². The Morgan fingerprint density at radius 1 is 1.04 bits per heavy atom. The first kappa shape index (κ1) is 15.9. The number of nitrogens with one attached hydrogen (secondary N) is 1. The van der Waals surface area contributed by atoms with E-state index in [1.807, 2.05) is 18.5 Å². The summed E-state index contributed by atoms with van der Waals surface area (Å²) in [5, 5.41) is 2.67. The molecule has 0 atom stereocenters. The van der Waals surface area contributed by atoms with Crippen LogP contribution in [0.25, 0.3) is 17.0 Å². The lowest BCUT2D eigenvalue weighted by Crippen LogP contribution is -2.12. The zero-order valence-electron chi connectivity index (χ0n) is 13.4. The molecule has 4 rings (SSSR count). The maximum atomic E-state index is 13.3. The van der Waals surface area contributed by atoms with Gasteiger partial charge in [-0.2, -0.15) is 0 Å². The van der Waals surface area contributed by atoms with Gasteiger partial charge in [-0.1, -0.05) is 12.1 Å². The van der Waals surface area contributed by atoms with Crippen LogP contribution < -0.4 is 5.32 Å². The van der Waals surface area contributed by atoms with Gasteiger partial charge in [-0.25, -0.2) is 18.7 Å². The third kappa shape index (κ3) is 3.02. The number of halogens is 2. The fourth-order valence-electron chi connectivity index (χ4n) is 2.57. The predicted molar refractivity (Wildman–Crippen MR) is 92.7 cm³/mol. The summed E-state index contributed by atoms with van der Waals surface area (Å²) >= 11 is 0. The first-order chi connectivity index (χ1) is 12.6. The molecular weight excluding hydrogens is 338 g/mol. The van der Waals surface area contributed by atoms with Crippen molar-refractivity contribution in [1.82, 2.24) is 14.4 Å². The zero-order chi connectivity index (χ0) is 18.1. The quantitative estimate of drug-likeness (QED) is 0.609. The molecule has 2 heterocycles. The lowest BCUT2D eigenvalue weighted by Gasteiger charge is -2.07. The number of hydrogen-bond donors (Lipinski definition) is 1. The molecule has 0 radical (unpaired) electrons. The smallest absolute Gasteiger partial charge is 0.255 e. The van der Waals surface area contributed by atoms with Gasteiger partial charge in [0.2, 0.25) is 5.78 Å². The molecule has 7 heteroatoms. The van der Waals surface area contributed by atoms with Crippen LogP contribution in [0.1, 0.15) is 10.4 Å². The summed E-state index contributed by atoms with van der Waals surface area (Å²) in [6, 6.07) is 11.9. The maximum Gasteiger partial charge on any atom is 0.255 e. The van der Waals surface area contributed by atoms with Crippen molar-refractivity contribution >= 4 is 17.4 Å². The molecule has 5 nitrogen and oxygen atoms in total. The van der Waals surface area contributed by atoms with Gasteiger partial charge in [-0.05, 0) is 36.4 Å². The number of aromatic nitrogens is 3. The molecule has 0 saturated carbocycles. The predicted octanol–water partition coefficient (Wildman–Crippen LogP) is 3.93. The minimum Gasteiger partial charge on any atom is -0.322 e. The van der Waals surface area contributed by atoms with E-state index >= 15 is 0 Å². The van der Waals surface area contributed by atoms with E-state index in [4.69, 9.17) is 0 Å². The molecule has 0 aliphatic carbocycles. The maximum absolute atomic E-state index is 13.3. The molecule has 2 aromatic heterocycles. The number of benzene rings is 2. The highest BCUT2D eigenvalue weighted by atomic mass is 19.2. The summed E-state index contributed by atoms with van der Waals surface area (Å²) < 4.78 is 28.1. The number of carbonyl (C=O) groups excluding carboxylic acids is 1. The van der Waals surface area contributed by atoms with E-state index in [1.54, 1.807) is 34.9 Å². The van der Waals surface area contributed by atoms with Gasteiger partial charge in [0, 0.05) is 35.4 Å². The van der Waals surface area contributed by atoms with Gasteiger partial charge in [-0.15, -0.1) is 0 Å². The van der Waals surface area contributed by atoms with E-state index in [-0.39, 0.29) is 5.56 Å². The molecule has 1 N–H and O–H groups in total. The number of anilines is 1. The average molecular weight is 350 g/mol. The Kier molecular flexibility index (Phi) is 3.89. The van der Waals surface area contributed by atoms with E-state index in [1.165, 1.54) is 6.07 Å². The molecule has 2 aromatic carbocycles. The summed E-state index contributed by atoms with van der Waals surface area (Å²) in [6.45, 7) is 0. The summed E-state index contributed by atoms with van der Waals surface area (Å²) in [6.07, 6.45) is 5.33. The molecule has 0 aliphatic heterocycles. The van der Waals surface area contributed by atoms with E-state index in [0.29, 0.717) is 17.2 Å². The second-order valence-electron chi connectivity index (χ2n) is 5.62. The van der Waals surface area contributed by atoms with Gasteiger partial charge in [0.05, 0.1) is 5.69 Å². The summed E-state index contributed by atoms with van der Waals surface area (Å²) in [4.78, 5) is 20.8. The highest BCUT2D eigenvalue weighted by Crippen LogP contribution is 2.22. The van der Waals surface area contributed by atoms with Crippen LogP contribution in [-0.4, -0.2) is 20.3 Å². The molecule has 0 spiro atoms. The Morgan fingerprint density at radius 3 is 2.73 bits per heavy atom. The number of amides is 1. The van der Waals surface area contributed by atoms with Gasteiger partial charge in [0.25, 0.3) is 5.91 Å². The van der Waals surface area contributed by atoms with Gasteiger partial charge in [-0.3, -0.25) is 9.20 Å². The topological polar surface area (TPSA) is 59.3 Å². The third-order valence-electron chi connectivity index (χ3n) is 3.83. The lowest BCUT2D eigenvalue weighted by molar-refractivity contribution is 0.102. The van der Waals surface area contributed by atoms with Crippen molar-refractivity contribution in [2.75, 3.05) is 5.32 Å². The van der Waals surface area contributed by atoms with E-state index in [0.717, 1.165) is 17.7 Å². The van der Waals surface area contributed by atoms with E-state index in [9.17, 15) is 13.6 Å². The zero-order valence-corrected chi connectivity index (χ0v) is 13.4. The SMILES string of the molecule is O=C(Nc1cccc(-c2cn3cccnc3n2)c1)c1ccc(F)c(F)c1. The lowest BCUT2D eigenvalue weighted by atomic mass is 10.1. The highest BCUT2D eigenvalue weighted by molar-refractivity contribution is 6.04. The largest absolute Gasteiger partial charge is 0.322 e. The van der Waals surface area contributed by atoms with Gasteiger partial charge in [0.1, 0.15) is 0 Å². The van der Waals surface area contributed by atoms with Gasteiger partial charge >= 0.3 is 0 Å². The van der Waals surface area contributed by atoms with Crippen molar-refractivity contribution in [1.29, 1.82) is 0 Å². The number of fused-ring (bicyclic) bond motifs is 1.